The second-order valence-corrected chi connectivity index (χ2v) is 9.08. The fraction of sp³-hybridized carbons (Fsp3) is 0.947. The number of carbonyl (C=O) groups is 1. The standard InChI is InChI=1S/C19H34O5/c1-9-10-17(5,6)15(20)23-13-11-21-19(8)14(24-16(2,3)4)12-22-18(13,19)7/h13-14H,9-12H2,1-8H3/t13?,14?,18-,19-/m1/s1. The van der Waals surface area contributed by atoms with E-state index in [4.69, 9.17) is 18.9 Å². The topological polar surface area (TPSA) is 54.0 Å². The van der Waals surface area contributed by atoms with Gasteiger partial charge in [-0.3, -0.25) is 4.79 Å². The van der Waals surface area contributed by atoms with Crippen molar-refractivity contribution < 1.29 is 23.7 Å². The fourth-order valence-corrected chi connectivity index (χ4v) is 3.66. The van der Waals surface area contributed by atoms with Crippen molar-refractivity contribution >= 4 is 5.97 Å². The van der Waals surface area contributed by atoms with Gasteiger partial charge in [-0.25, -0.2) is 0 Å². The number of esters is 1. The van der Waals surface area contributed by atoms with Crippen LogP contribution in [0.15, 0.2) is 0 Å². The van der Waals surface area contributed by atoms with E-state index in [0.717, 1.165) is 12.8 Å². The Balaban J connectivity index is 2.13. The average molecular weight is 342 g/mol. The molecule has 2 aliphatic rings. The molecule has 2 aliphatic heterocycles. The Morgan fingerprint density at radius 1 is 1.04 bits per heavy atom. The maximum Gasteiger partial charge on any atom is 0.311 e. The van der Waals surface area contributed by atoms with Crippen LogP contribution in [0, 0.1) is 5.41 Å². The molecule has 0 aromatic carbocycles. The molecule has 2 fully saturated rings. The Morgan fingerprint density at radius 3 is 2.04 bits per heavy atom. The highest BCUT2D eigenvalue weighted by molar-refractivity contribution is 5.76. The summed E-state index contributed by atoms with van der Waals surface area (Å²) in [6.45, 7) is 16.7. The Morgan fingerprint density at radius 2 is 1.54 bits per heavy atom. The second-order valence-electron chi connectivity index (χ2n) is 9.08. The van der Waals surface area contributed by atoms with Crippen LogP contribution in [0.5, 0.6) is 0 Å². The molecule has 2 rings (SSSR count). The van der Waals surface area contributed by atoms with Crippen LogP contribution in [0.2, 0.25) is 0 Å². The maximum absolute atomic E-state index is 12.6. The summed E-state index contributed by atoms with van der Waals surface area (Å²) < 4.78 is 24.2. The zero-order chi connectivity index (χ0) is 18.4. The van der Waals surface area contributed by atoms with E-state index < -0.39 is 22.7 Å². The Labute approximate surface area is 146 Å². The highest BCUT2D eigenvalue weighted by atomic mass is 16.7. The van der Waals surface area contributed by atoms with Crippen LogP contribution >= 0.6 is 0 Å². The van der Waals surface area contributed by atoms with Gasteiger partial charge in [-0.2, -0.15) is 0 Å². The first-order chi connectivity index (χ1) is 10.9. The van der Waals surface area contributed by atoms with Gasteiger partial charge in [0.25, 0.3) is 0 Å². The average Bonchev–Trinajstić information content (AvgIpc) is 2.81. The fourth-order valence-electron chi connectivity index (χ4n) is 3.66. The SMILES string of the molecule is CCCC(C)(C)C(=O)OC1CO[C@]2(C)C(OC(C)(C)C)CO[C@]12C. The highest BCUT2D eigenvalue weighted by Crippen LogP contribution is 2.49. The molecule has 0 aromatic heterocycles. The summed E-state index contributed by atoms with van der Waals surface area (Å²) >= 11 is 0. The van der Waals surface area contributed by atoms with E-state index in [2.05, 4.69) is 6.92 Å². The Bertz CT molecular complexity index is 481. The van der Waals surface area contributed by atoms with Crippen LogP contribution in [0.3, 0.4) is 0 Å². The molecule has 0 aromatic rings. The first-order valence-corrected chi connectivity index (χ1v) is 9.02. The third-order valence-electron chi connectivity index (χ3n) is 5.46. The third-order valence-corrected chi connectivity index (χ3v) is 5.46. The predicted molar refractivity (Wildman–Crippen MR) is 91.9 cm³/mol. The van der Waals surface area contributed by atoms with Crippen molar-refractivity contribution in [2.45, 2.75) is 97.2 Å². The molecule has 0 bridgehead atoms. The first-order valence-electron chi connectivity index (χ1n) is 9.02. The van der Waals surface area contributed by atoms with Crippen LogP contribution in [-0.4, -0.2) is 48.2 Å². The molecular formula is C19H34O5. The van der Waals surface area contributed by atoms with Gasteiger partial charge in [-0.15, -0.1) is 0 Å². The van der Waals surface area contributed by atoms with Gasteiger partial charge in [0, 0.05) is 0 Å². The van der Waals surface area contributed by atoms with E-state index >= 15 is 0 Å². The summed E-state index contributed by atoms with van der Waals surface area (Å²) in [5.74, 6) is -0.188. The van der Waals surface area contributed by atoms with Crippen LogP contribution in [-0.2, 0) is 23.7 Å². The molecule has 0 aliphatic carbocycles. The van der Waals surface area contributed by atoms with Crippen LogP contribution in [0.25, 0.3) is 0 Å². The van der Waals surface area contributed by atoms with Crippen molar-refractivity contribution in [1.29, 1.82) is 0 Å². The molecule has 24 heavy (non-hydrogen) atoms. The summed E-state index contributed by atoms with van der Waals surface area (Å²) in [5.41, 5.74) is -2.10. The molecule has 5 nitrogen and oxygen atoms in total. The van der Waals surface area contributed by atoms with E-state index in [-0.39, 0.29) is 17.7 Å². The van der Waals surface area contributed by atoms with Gasteiger partial charge in [-0.1, -0.05) is 13.3 Å². The van der Waals surface area contributed by atoms with Crippen LogP contribution in [0.1, 0.15) is 68.2 Å². The monoisotopic (exact) mass is 342 g/mol. The van der Waals surface area contributed by atoms with Crippen molar-refractivity contribution in [2.75, 3.05) is 13.2 Å². The van der Waals surface area contributed by atoms with E-state index in [9.17, 15) is 4.79 Å². The smallest absolute Gasteiger partial charge is 0.311 e. The van der Waals surface area contributed by atoms with Crippen molar-refractivity contribution in [1.82, 2.24) is 0 Å². The second kappa shape index (κ2) is 6.26. The Kier molecular flexibility index (Phi) is 5.13. The van der Waals surface area contributed by atoms with E-state index in [1.165, 1.54) is 0 Å². The van der Waals surface area contributed by atoms with Gasteiger partial charge >= 0.3 is 5.97 Å². The number of hydrogen-bond acceptors (Lipinski definition) is 5. The number of rotatable bonds is 5. The van der Waals surface area contributed by atoms with E-state index in [0.29, 0.717) is 13.2 Å². The molecule has 5 heteroatoms. The number of carbonyl (C=O) groups excluding carboxylic acids is 1. The third kappa shape index (κ3) is 3.35. The molecular weight excluding hydrogens is 308 g/mol. The lowest BCUT2D eigenvalue weighted by Gasteiger charge is -2.38. The molecule has 0 spiro atoms. The molecule has 0 amide bonds. The minimum Gasteiger partial charge on any atom is -0.456 e. The summed E-state index contributed by atoms with van der Waals surface area (Å²) in [6, 6.07) is 0. The summed E-state index contributed by atoms with van der Waals surface area (Å²) in [4.78, 5) is 12.6. The maximum atomic E-state index is 12.6. The summed E-state index contributed by atoms with van der Waals surface area (Å²) in [7, 11) is 0. The quantitative estimate of drug-likeness (QED) is 0.716. The van der Waals surface area contributed by atoms with Crippen molar-refractivity contribution in [2.24, 2.45) is 5.41 Å². The van der Waals surface area contributed by atoms with E-state index in [1.807, 2.05) is 48.5 Å². The zero-order valence-corrected chi connectivity index (χ0v) is 16.5. The van der Waals surface area contributed by atoms with Gasteiger partial charge in [0.05, 0.1) is 24.2 Å². The van der Waals surface area contributed by atoms with Crippen molar-refractivity contribution in [3.05, 3.63) is 0 Å². The molecule has 0 saturated carbocycles. The van der Waals surface area contributed by atoms with Gasteiger partial charge in [0.15, 0.2) is 6.10 Å². The molecule has 140 valence electrons. The minimum atomic E-state index is -0.694. The van der Waals surface area contributed by atoms with Gasteiger partial charge in [0.2, 0.25) is 0 Å². The van der Waals surface area contributed by atoms with Crippen molar-refractivity contribution in [3.8, 4) is 0 Å². The molecule has 0 N–H and O–H groups in total. The van der Waals surface area contributed by atoms with Gasteiger partial charge in [0.1, 0.15) is 17.3 Å². The van der Waals surface area contributed by atoms with Crippen molar-refractivity contribution in [3.63, 3.8) is 0 Å². The molecule has 2 unspecified atom stereocenters. The summed E-state index contributed by atoms with van der Waals surface area (Å²) in [5, 5.41) is 0. The van der Waals surface area contributed by atoms with E-state index in [1.54, 1.807) is 0 Å². The molecule has 4 atom stereocenters. The largest absolute Gasteiger partial charge is 0.456 e. The predicted octanol–water partition coefficient (Wildman–Crippen LogP) is 3.49. The lowest BCUT2D eigenvalue weighted by molar-refractivity contribution is -0.173. The van der Waals surface area contributed by atoms with Gasteiger partial charge in [-0.05, 0) is 54.9 Å². The normalized spacial score (nSPS) is 36.7. The minimum absolute atomic E-state index is 0.185. The lowest BCUT2D eigenvalue weighted by Crippen LogP contribution is -2.56. The number of fused-ring (bicyclic) bond motifs is 1. The highest BCUT2D eigenvalue weighted by Gasteiger charge is 2.68. The molecule has 0 radical (unpaired) electrons. The molecule has 2 heterocycles. The van der Waals surface area contributed by atoms with Crippen LogP contribution in [0.4, 0.5) is 0 Å². The van der Waals surface area contributed by atoms with Gasteiger partial charge < -0.3 is 18.9 Å². The Hall–Kier alpha value is -0.650. The zero-order valence-electron chi connectivity index (χ0n) is 16.5. The molecule has 2 saturated heterocycles. The summed E-state index contributed by atoms with van der Waals surface area (Å²) in [6.07, 6.45) is 1.13. The lowest BCUT2D eigenvalue weighted by atomic mass is 9.82. The number of ether oxygens (including phenoxy) is 4. The first kappa shape index (κ1) is 19.7. The number of hydrogen-bond donors (Lipinski definition) is 0. The van der Waals surface area contributed by atoms with Crippen LogP contribution < -0.4 is 0 Å².